The summed E-state index contributed by atoms with van der Waals surface area (Å²) in [7, 11) is -2.21. The maximum absolute atomic E-state index is 17.6. The Hall–Kier alpha value is -3.54. The van der Waals surface area contributed by atoms with Gasteiger partial charge in [-0.2, -0.15) is 9.97 Å². The minimum absolute atomic E-state index is 0.0626. The number of hydrogen-bond acceptors (Lipinski definition) is 9. The maximum Gasteiger partial charge on any atom is 0.261 e. The number of aliphatic hydroxyl groups excluding tert-OH is 1. The van der Waals surface area contributed by atoms with Crippen molar-refractivity contribution in [2.24, 2.45) is 5.92 Å². The van der Waals surface area contributed by atoms with Crippen LogP contribution in [0.3, 0.4) is 0 Å². The van der Waals surface area contributed by atoms with Crippen LogP contribution in [0.4, 0.5) is 16.2 Å². The number of amides is 1. The van der Waals surface area contributed by atoms with Gasteiger partial charge in [0.15, 0.2) is 37.7 Å². The summed E-state index contributed by atoms with van der Waals surface area (Å²) in [5, 5.41) is 15.7. The molecule has 14 heteroatoms. The SMILES string of the molecule is CC(C)C(=O)Nc1nc(N(C)C)c2ncn([C@@H]3O[C@](CO)(CO[Si](c4ccccc4)(c4ccccc4)C(C)(C)C)[C@@H](O[Si](C)(C)C(C)(C)C)[C@H]3F)c2n1. The van der Waals surface area contributed by atoms with Crippen LogP contribution < -0.4 is 20.6 Å². The lowest BCUT2D eigenvalue weighted by Gasteiger charge is -2.46. The fourth-order valence-corrected chi connectivity index (χ4v) is 12.6. The van der Waals surface area contributed by atoms with Crippen LogP contribution in [0.2, 0.25) is 23.2 Å². The monoisotopic (exact) mass is 764 g/mol. The quantitative estimate of drug-likeness (QED) is 0.166. The summed E-state index contributed by atoms with van der Waals surface area (Å²) < 4.78 is 40.1. The molecule has 4 atom stereocenters. The highest BCUT2D eigenvalue weighted by atomic mass is 28.4. The Labute approximate surface area is 315 Å². The number of rotatable bonds is 12. The smallest absolute Gasteiger partial charge is 0.261 e. The minimum Gasteiger partial charge on any atom is -0.408 e. The van der Waals surface area contributed by atoms with Gasteiger partial charge in [0.2, 0.25) is 11.9 Å². The molecular formula is C39H57FN6O5Si2. The van der Waals surface area contributed by atoms with Crippen molar-refractivity contribution in [3.63, 3.8) is 0 Å². The molecule has 2 aromatic carbocycles. The number of nitrogens with one attached hydrogen (secondary N) is 1. The zero-order chi connectivity index (χ0) is 39.1. The standard InChI is InChI=1S/C39H57FN6O5Si2/c1-26(2)34(48)44-36-42-32(45(9)10)30-33(43-36)46(25-41-30)35-29(40)31(51-52(11,12)37(3,4)5)39(23-47,50-35)24-49-53(38(6,7)8,27-19-15-13-16-20-27)28-21-17-14-18-22-28/h13-22,25-26,29,31,35,47H,23-24H2,1-12H3,(H,42,43,44,48)/t29-,31+,35-,39-/m1/s1. The Kier molecular flexibility index (Phi) is 11.5. The van der Waals surface area contributed by atoms with Crippen LogP contribution in [-0.4, -0.2) is 92.4 Å². The first kappa shape index (κ1) is 40.6. The van der Waals surface area contributed by atoms with Crippen molar-refractivity contribution in [2.45, 2.75) is 103 Å². The summed E-state index contributed by atoms with van der Waals surface area (Å²) in [5.74, 6) is -0.0705. The van der Waals surface area contributed by atoms with E-state index < -0.39 is 47.3 Å². The molecule has 0 saturated carbocycles. The van der Waals surface area contributed by atoms with Crippen molar-refractivity contribution < 1.29 is 27.9 Å². The van der Waals surface area contributed by atoms with E-state index in [9.17, 15) is 9.90 Å². The number of aliphatic hydroxyl groups is 1. The molecule has 4 aromatic rings. The van der Waals surface area contributed by atoms with Crippen molar-refractivity contribution >= 4 is 55.8 Å². The molecule has 1 aliphatic rings. The van der Waals surface area contributed by atoms with Crippen LogP contribution in [0.1, 0.15) is 61.6 Å². The van der Waals surface area contributed by atoms with E-state index in [0.717, 1.165) is 10.4 Å². The third-order valence-corrected chi connectivity index (χ3v) is 20.2. The fourth-order valence-electron chi connectivity index (χ4n) is 6.68. The number of imidazole rings is 1. The second-order valence-corrected chi connectivity index (χ2v) is 26.2. The van der Waals surface area contributed by atoms with E-state index in [1.807, 2.05) is 36.4 Å². The highest BCUT2D eigenvalue weighted by Gasteiger charge is 2.62. The van der Waals surface area contributed by atoms with Gasteiger partial charge in [-0.25, -0.2) is 9.37 Å². The minimum atomic E-state index is -3.15. The molecule has 2 N–H and O–H groups in total. The molecule has 1 fully saturated rings. The number of carbonyl (C=O) groups excluding carboxylic acids is 1. The molecule has 0 bridgehead atoms. The Bertz CT molecular complexity index is 1840. The molecule has 1 amide bonds. The summed E-state index contributed by atoms with van der Waals surface area (Å²) in [6.45, 7) is 19.7. The van der Waals surface area contributed by atoms with Gasteiger partial charge in [0.05, 0.1) is 19.5 Å². The van der Waals surface area contributed by atoms with E-state index >= 15 is 4.39 Å². The highest BCUT2D eigenvalue weighted by molar-refractivity contribution is 6.99. The Balaban J connectivity index is 1.67. The summed E-state index contributed by atoms with van der Waals surface area (Å²) in [4.78, 5) is 28.3. The van der Waals surface area contributed by atoms with Gasteiger partial charge in [-0.15, -0.1) is 0 Å². The lowest BCUT2D eigenvalue weighted by molar-refractivity contribution is -0.143. The van der Waals surface area contributed by atoms with Gasteiger partial charge in [0.25, 0.3) is 8.32 Å². The van der Waals surface area contributed by atoms with Crippen molar-refractivity contribution in [1.29, 1.82) is 0 Å². The van der Waals surface area contributed by atoms with Crippen LogP contribution in [0.25, 0.3) is 11.2 Å². The number of hydrogen-bond donors (Lipinski definition) is 2. The van der Waals surface area contributed by atoms with Gasteiger partial charge in [-0.3, -0.25) is 14.7 Å². The first-order valence-corrected chi connectivity index (χ1v) is 23.1. The van der Waals surface area contributed by atoms with Crippen molar-refractivity contribution in [1.82, 2.24) is 19.5 Å². The number of halogens is 1. The zero-order valence-corrected chi connectivity index (χ0v) is 35.3. The second kappa shape index (κ2) is 14.9. The van der Waals surface area contributed by atoms with Gasteiger partial charge in [-0.1, -0.05) is 116 Å². The average Bonchev–Trinajstić information content (AvgIpc) is 3.62. The summed E-state index contributed by atoms with van der Waals surface area (Å²) in [6, 6.07) is 20.3. The van der Waals surface area contributed by atoms with E-state index in [2.05, 4.69) is 99.2 Å². The number of nitrogens with zero attached hydrogens (tertiary/aromatic N) is 5. The highest BCUT2D eigenvalue weighted by Crippen LogP contribution is 2.48. The van der Waals surface area contributed by atoms with Crippen LogP contribution in [0.15, 0.2) is 67.0 Å². The predicted molar refractivity (Wildman–Crippen MR) is 214 cm³/mol. The van der Waals surface area contributed by atoms with Crippen molar-refractivity contribution in [3.05, 3.63) is 67.0 Å². The Morgan fingerprint density at radius 1 is 1.00 bits per heavy atom. The molecule has 0 radical (unpaired) electrons. The van der Waals surface area contributed by atoms with Crippen LogP contribution in [-0.2, 0) is 18.4 Å². The van der Waals surface area contributed by atoms with E-state index in [4.69, 9.17) is 13.6 Å². The second-order valence-electron chi connectivity index (χ2n) is 17.2. The zero-order valence-electron chi connectivity index (χ0n) is 33.3. The number of anilines is 2. The molecule has 11 nitrogen and oxygen atoms in total. The molecule has 2 aromatic heterocycles. The number of alkyl halides is 1. The van der Waals surface area contributed by atoms with Gasteiger partial charge in [0.1, 0.15) is 11.7 Å². The molecule has 53 heavy (non-hydrogen) atoms. The number of ether oxygens (including phenoxy) is 1. The Morgan fingerprint density at radius 3 is 2.04 bits per heavy atom. The average molecular weight is 765 g/mol. The molecule has 288 valence electrons. The predicted octanol–water partition coefficient (Wildman–Crippen LogP) is 6.05. The lowest BCUT2D eigenvalue weighted by atomic mass is 9.98. The molecule has 0 unspecified atom stereocenters. The third kappa shape index (κ3) is 7.58. The van der Waals surface area contributed by atoms with Crippen molar-refractivity contribution in [3.8, 4) is 0 Å². The summed E-state index contributed by atoms with van der Waals surface area (Å²) in [6.07, 6.45) is -2.80. The molecular weight excluding hydrogens is 708 g/mol. The Morgan fingerprint density at radius 2 is 1.57 bits per heavy atom. The third-order valence-electron chi connectivity index (χ3n) is 10.7. The topological polar surface area (TPSA) is 124 Å². The van der Waals surface area contributed by atoms with E-state index in [1.54, 1.807) is 32.8 Å². The number of benzene rings is 2. The van der Waals surface area contributed by atoms with Gasteiger partial charge in [-0.05, 0) is 33.5 Å². The maximum atomic E-state index is 17.6. The van der Waals surface area contributed by atoms with Gasteiger partial charge >= 0.3 is 0 Å². The van der Waals surface area contributed by atoms with E-state index in [-0.39, 0.29) is 40.1 Å². The summed E-state index contributed by atoms with van der Waals surface area (Å²) in [5.41, 5.74) is -0.946. The lowest BCUT2D eigenvalue weighted by Crippen LogP contribution is -2.68. The van der Waals surface area contributed by atoms with Crippen LogP contribution in [0.5, 0.6) is 0 Å². The molecule has 1 saturated heterocycles. The largest absolute Gasteiger partial charge is 0.408 e. The van der Waals surface area contributed by atoms with E-state index in [0.29, 0.717) is 11.3 Å². The first-order chi connectivity index (χ1) is 24.7. The normalized spacial score (nSPS) is 21.4. The van der Waals surface area contributed by atoms with Gasteiger partial charge < -0.3 is 23.6 Å². The molecule has 0 aliphatic carbocycles. The number of fused-ring (bicyclic) bond motifs is 1. The van der Waals surface area contributed by atoms with Gasteiger partial charge in [0, 0.05) is 20.0 Å². The molecule has 1 aliphatic heterocycles. The fraction of sp³-hybridized carbons (Fsp3) is 0.538. The number of aromatic nitrogens is 4. The summed E-state index contributed by atoms with van der Waals surface area (Å²) >= 11 is 0. The van der Waals surface area contributed by atoms with Crippen LogP contribution >= 0.6 is 0 Å². The number of carbonyl (C=O) groups is 1. The molecule has 0 spiro atoms. The van der Waals surface area contributed by atoms with Crippen LogP contribution in [0, 0.1) is 5.92 Å². The molecule has 5 rings (SSSR count). The van der Waals surface area contributed by atoms with Crippen molar-refractivity contribution in [2.75, 3.05) is 37.5 Å². The van der Waals surface area contributed by atoms with E-state index in [1.165, 1.54) is 10.9 Å². The molecule has 3 heterocycles. The first-order valence-electron chi connectivity index (χ1n) is 18.3.